The Balaban J connectivity index is 1.88. The number of ether oxygens (including phenoxy) is 1. The van der Waals surface area contributed by atoms with E-state index in [9.17, 15) is 9.59 Å². The molecule has 0 saturated heterocycles. The summed E-state index contributed by atoms with van der Waals surface area (Å²) in [6, 6.07) is 28.3. The van der Waals surface area contributed by atoms with Crippen LogP contribution in [0.2, 0.25) is 0 Å². The molecule has 1 N–H and O–H groups in total. The van der Waals surface area contributed by atoms with Gasteiger partial charge in [-0.1, -0.05) is 78.5 Å². The lowest BCUT2D eigenvalue weighted by atomic mass is 10.2. The first kappa shape index (κ1) is 21.5. The number of rotatable bonds is 6. The molecule has 0 bridgehead atoms. The Bertz CT molecular complexity index is 1160. The van der Waals surface area contributed by atoms with Crippen molar-refractivity contribution >= 4 is 41.1 Å². The van der Waals surface area contributed by atoms with Crippen molar-refractivity contribution in [3.05, 3.63) is 112 Å². The zero-order chi connectivity index (χ0) is 22.3. The van der Waals surface area contributed by atoms with E-state index in [0.717, 1.165) is 11.3 Å². The number of amides is 1. The highest BCUT2D eigenvalue weighted by Crippen LogP contribution is 2.40. The van der Waals surface area contributed by atoms with Crippen LogP contribution in [0.4, 0.5) is 11.4 Å². The highest BCUT2D eigenvalue weighted by atomic mass is 32.2. The lowest BCUT2D eigenvalue weighted by molar-refractivity contribution is -0.139. The number of hydrogen-bond acceptors (Lipinski definition) is 5. The number of anilines is 2. The van der Waals surface area contributed by atoms with Gasteiger partial charge in [0.2, 0.25) is 0 Å². The van der Waals surface area contributed by atoms with Crippen LogP contribution in [-0.2, 0) is 14.3 Å². The third kappa shape index (κ3) is 4.76. The van der Waals surface area contributed by atoms with Crippen LogP contribution in [0, 0.1) is 0 Å². The zero-order valence-corrected chi connectivity index (χ0v) is 18.3. The van der Waals surface area contributed by atoms with Gasteiger partial charge in [0.15, 0.2) is 5.70 Å². The first-order valence-corrected chi connectivity index (χ1v) is 11.1. The fourth-order valence-corrected chi connectivity index (χ4v) is 4.28. The summed E-state index contributed by atoms with van der Waals surface area (Å²) in [5.41, 5.74) is 2.46. The number of hydrogen-bond donors (Lipinski definition) is 1. The van der Waals surface area contributed by atoms with E-state index < -0.39 is 5.97 Å². The normalized spacial score (nSPS) is 15.1. The monoisotopic (exact) mass is 442 g/mol. The molecule has 0 radical (unpaired) electrons. The number of para-hydroxylation sites is 2. The van der Waals surface area contributed by atoms with Crippen molar-refractivity contribution in [3.8, 4) is 0 Å². The molecule has 32 heavy (non-hydrogen) atoms. The summed E-state index contributed by atoms with van der Waals surface area (Å²) < 4.78 is 5.34. The minimum Gasteiger partial charge on any atom is -0.461 e. The van der Waals surface area contributed by atoms with E-state index in [1.807, 2.05) is 84.9 Å². The van der Waals surface area contributed by atoms with Crippen molar-refractivity contribution < 1.29 is 14.3 Å². The third-order valence-corrected chi connectivity index (χ3v) is 5.69. The first-order valence-electron chi connectivity index (χ1n) is 10.2. The fourth-order valence-electron chi connectivity index (χ4n) is 3.25. The quantitative estimate of drug-likeness (QED) is 0.395. The number of nitrogens with zero attached hydrogens (tertiary/aromatic N) is 1. The van der Waals surface area contributed by atoms with Crippen molar-refractivity contribution in [3.63, 3.8) is 0 Å². The average Bonchev–Trinajstić information content (AvgIpc) is 2.83. The molecule has 0 unspecified atom stereocenters. The second kappa shape index (κ2) is 10.0. The van der Waals surface area contributed by atoms with E-state index in [0.29, 0.717) is 15.6 Å². The molecule has 1 heterocycles. The number of esters is 1. The Hall–Kier alpha value is -3.77. The topological polar surface area (TPSA) is 58.6 Å². The molecule has 160 valence electrons. The van der Waals surface area contributed by atoms with Gasteiger partial charge in [-0.25, -0.2) is 4.79 Å². The van der Waals surface area contributed by atoms with E-state index in [-0.39, 0.29) is 18.2 Å². The molecular formula is C26H22N2O3S. The van der Waals surface area contributed by atoms with Crippen LogP contribution in [0.15, 0.2) is 107 Å². The predicted octanol–water partition coefficient (Wildman–Crippen LogP) is 5.65. The molecule has 1 aliphatic rings. The molecule has 6 heteroatoms. The van der Waals surface area contributed by atoms with Gasteiger partial charge in [0.1, 0.15) is 5.03 Å². The second-order valence-electron chi connectivity index (χ2n) is 6.89. The summed E-state index contributed by atoms with van der Waals surface area (Å²) in [5.74, 6) is -0.846. The van der Waals surface area contributed by atoms with Crippen LogP contribution in [0.3, 0.4) is 0 Å². The maximum Gasteiger partial charge on any atom is 0.358 e. The van der Waals surface area contributed by atoms with Gasteiger partial charge in [-0.3, -0.25) is 9.69 Å². The smallest absolute Gasteiger partial charge is 0.358 e. The van der Waals surface area contributed by atoms with Crippen LogP contribution in [0.5, 0.6) is 0 Å². The molecule has 0 aromatic heterocycles. The number of benzene rings is 3. The van der Waals surface area contributed by atoms with Crippen LogP contribution in [0.25, 0.3) is 6.08 Å². The molecule has 3 aromatic carbocycles. The summed E-state index contributed by atoms with van der Waals surface area (Å²) >= 11 is 1.23. The summed E-state index contributed by atoms with van der Waals surface area (Å²) in [7, 11) is 0. The molecule has 0 atom stereocenters. The standard InChI is InChI=1S/C26H22N2O3S/c1-2-31-26(30)23-24(27-20-14-8-4-9-15-20)32-22(18-19-12-6-3-7-13-19)25(29)28(23)21-16-10-5-11-17-21/h3-18,27H,2H2,1H3/b22-18-. The molecule has 0 spiro atoms. The van der Waals surface area contributed by atoms with Crippen molar-refractivity contribution in [2.24, 2.45) is 0 Å². The molecule has 4 rings (SSSR count). The van der Waals surface area contributed by atoms with E-state index in [1.54, 1.807) is 19.1 Å². The number of nitrogens with one attached hydrogen (secondary N) is 1. The molecular weight excluding hydrogens is 420 g/mol. The lowest BCUT2D eigenvalue weighted by Gasteiger charge is -2.32. The van der Waals surface area contributed by atoms with Crippen LogP contribution in [-0.4, -0.2) is 18.5 Å². The van der Waals surface area contributed by atoms with Crippen molar-refractivity contribution in [1.82, 2.24) is 0 Å². The number of carbonyl (C=O) groups excluding carboxylic acids is 2. The maximum absolute atomic E-state index is 13.6. The van der Waals surface area contributed by atoms with Crippen molar-refractivity contribution in [2.45, 2.75) is 6.92 Å². The van der Waals surface area contributed by atoms with Crippen LogP contribution in [0.1, 0.15) is 12.5 Å². The minimum atomic E-state index is -0.561. The number of thioether (sulfide) groups is 1. The molecule has 5 nitrogen and oxygen atoms in total. The van der Waals surface area contributed by atoms with E-state index in [1.165, 1.54) is 16.7 Å². The maximum atomic E-state index is 13.6. The fraction of sp³-hybridized carbons (Fsp3) is 0.0769. The van der Waals surface area contributed by atoms with Crippen molar-refractivity contribution in [1.29, 1.82) is 0 Å². The van der Waals surface area contributed by atoms with Crippen LogP contribution >= 0.6 is 11.8 Å². The van der Waals surface area contributed by atoms with E-state index in [4.69, 9.17) is 4.74 Å². The Morgan fingerprint density at radius 3 is 2.16 bits per heavy atom. The molecule has 3 aromatic rings. The second-order valence-corrected chi connectivity index (χ2v) is 7.94. The van der Waals surface area contributed by atoms with Gasteiger partial charge in [0.05, 0.1) is 11.5 Å². The Morgan fingerprint density at radius 1 is 0.938 bits per heavy atom. The summed E-state index contributed by atoms with van der Waals surface area (Å²) in [6.07, 6.45) is 1.83. The van der Waals surface area contributed by atoms with E-state index >= 15 is 0 Å². The van der Waals surface area contributed by atoms with Gasteiger partial charge in [0, 0.05) is 11.4 Å². The van der Waals surface area contributed by atoms with Gasteiger partial charge in [-0.05, 0) is 42.8 Å². The average molecular weight is 443 g/mol. The van der Waals surface area contributed by atoms with Gasteiger partial charge in [-0.15, -0.1) is 0 Å². The van der Waals surface area contributed by atoms with Crippen LogP contribution < -0.4 is 10.2 Å². The summed E-state index contributed by atoms with van der Waals surface area (Å²) in [5, 5.41) is 3.84. The molecule has 0 aliphatic carbocycles. The Kier molecular flexibility index (Phi) is 6.72. The number of carbonyl (C=O) groups is 2. The van der Waals surface area contributed by atoms with Gasteiger partial charge < -0.3 is 10.1 Å². The molecule has 0 saturated carbocycles. The van der Waals surface area contributed by atoms with Gasteiger partial charge in [0.25, 0.3) is 5.91 Å². The molecule has 1 amide bonds. The predicted molar refractivity (Wildman–Crippen MR) is 130 cm³/mol. The first-order chi connectivity index (χ1) is 15.7. The SMILES string of the molecule is CCOC(=O)C1=C(Nc2ccccc2)S/C(=C\c2ccccc2)C(=O)N1c1ccccc1. The summed E-state index contributed by atoms with van der Waals surface area (Å²) in [6.45, 7) is 1.95. The van der Waals surface area contributed by atoms with Gasteiger partial charge in [-0.2, -0.15) is 0 Å². The molecule has 0 fully saturated rings. The third-order valence-electron chi connectivity index (χ3n) is 4.68. The minimum absolute atomic E-state index is 0.169. The summed E-state index contributed by atoms with van der Waals surface area (Å²) in [4.78, 5) is 28.6. The molecule has 1 aliphatic heterocycles. The Morgan fingerprint density at radius 2 is 1.53 bits per heavy atom. The highest BCUT2D eigenvalue weighted by molar-refractivity contribution is 8.08. The largest absolute Gasteiger partial charge is 0.461 e. The lowest BCUT2D eigenvalue weighted by Crippen LogP contribution is -2.39. The Labute approximate surface area is 191 Å². The zero-order valence-electron chi connectivity index (χ0n) is 17.5. The van der Waals surface area contributed by atoms with E-state index in [2.05, 4.69) is 5.32 Å². The highest BCUT2D eigenvalue weighted by Gasteiger charge is 2.37. The van der Waals surface area contributed by atoms with Crippen molar-refractivity contribution in [2.75, 3.05) is 16.8 Å². The van der Waals surface area contributed by atoms with Gasteiger partial charge >= 0.3 is 5.97 Å².